The second-order valence-electron chi connectivity index (χ2n) is 6.65. The van der Waals surface area contributed by atoms with Gasteiger partial charge in [0.15, 0.2) is 0 Å². The maximum absolute atomic E-state index is 11.7. The summed E-state index contributed by atoms with van der Waals surface area (Å²) in [7, 11) is 0. The Morgan fingerprint density at radius 3 is 2.38 bits per heavy atom. The van der Waals surface area contributed by atoms with Gasteiger partial charge in [-0.25, -0.2) is 0 Å². The lowest BCUT2D eigenvalue weighted by atomic mass is 10.1. The fraction of sp³-hybridized carbons (Fsp3) is 0.562. The molecule has 1 aliphatic heterocycles. The first kappa shape index (κ1) is 13.4. The van der Waals surface area contributed by atoms with E-state index in [1.54, 1.807) is 0 Å². The van der Waals surface area contributed by atoms with Crippen LogP contribution < -0.4 is 16.0 Å². The van der Waals surface area contributed by atoms with Crippen molar-refractivity contribution in [3.8, 4) is 0 Å². The van der Waals surface area contributed by atoms with Crippen molar-refractivity contribution in [2.24, 2.45) is 17.6 Å². The molecule has 3 N–H and O–H groups in total. The lowest BCUT2D eigenvalue weighted by molar-refractivity contribution is -0.116. The summed E-state index contributed by atoms with van der Waals surface area (Å²) in [6.45, 7) is 2.16. The summed E-state index contributed by atoms with van der Waals surface area (Å²) >= 11 is 6.49. The van der Waals surface area contributed by atoms with Crippen molar-refractivity contribution in [2.75, 3.05) is 23.3 Å². The van der Waals surface area contributed by atoms with Crippen LogP contribution in [0.4, 0.5) is 11.4 Å². The number of carbonyl (C=O) groups excluding carboxylic acids is 1. The number of fused-ring (bicyclic) bond motifs is 1. The van der Waals surface area contributed by atoms with Gasteiger partial charge in [0.05, 0.1) is 10.7 Å². The summed E-state index contributed by atoms with van der Waals surface area (Å²) in [4.78, 5) is 14.1. The Morgan fingerprint density at radius 1 is 1.19 bits per heavy atom. The van der Waals surface area contributed by atoms with Crippen LogP contribution in [-0.4, -0.2) is 19.0 Å². The number of hydrogen-bond acceptors (Lipinski definition) is 3. The van der Waals surface area contributed by atoms with Crippen LogP contribution in [0.3, 0.4) is 0 Å². The Balaban J connectivity index is 1.65. The third-order valence-corrected chi connectivity index (χ3v) is 4.99. The largest absolute Gasteiger partial charge is 0.370 e. The molecule has 1 unspecified atom stereocenters. The Labute approximate surface area is 129 Å². The number of hydrogen-bond donors (Lipinski definition) is 2. The van der Waals surface area contributed by atoms with Crippen LogP contribution in [-0.2, 0) is 4.79 Å². The molecular formula is C16H20ClN3O. The molecule has 21 heavy (non-hydrogen) atoms. The average Bonchev–Trinajstić information content (AvgIpc) is 3.34. The Hall–Kier alpha value is -1.26. The van der Waals surface area contributed by atoms with E-state index < -0.39 is 6.04 Å². The molecule has 0 radical (unpaired) electrons. The lowest BCUT2D eigenvalue weighted by Gasteiger charge is -2.26. The predicted octanol–water partition coefficient (Wildman–Crippen LogP) is 2.92. The highest BCUT2D eigenvalue weighted by Crippen LogP contribution is 2.41. The molecule has 5 heteroatoms. The third kappa shape index (κ3) is 2.62. The minimum atomic E-state index is -0.591. The van der Waals surface area contributed by atoms with E-state index in [0.717, 1.165) is 41.9 Å². The second-order valence-corrected chi connectivity index (χ2v) is 7.06. The van der Waals surface area contributed by atoms with Gasteiger partial charge in [-0.1, -0.05) is 11.6 Å². The highest BCUT2D eigenvalue weighted by molar-refractivity contribution is 6.33. The first-order valence-electron chi connectivity index (χ1n) is 7.76. The highest BCUT2D eigenvalue weighted by atomic mass is 35.5. The predicted molar refractivity (Wildman–Crippen MR) is 84.7 cm³/mol. The summed E-state index contributed by atoms with van der Waals surface area (Å²) in [5.74, 6) is 1.48. The number of nitrogens with one attached hydrogen (secondary N) is 1. The smallest absolute Gasteiger partial charge is 0.245 e. The van der Waals surface area contributed by atoms with Gasteiger partial charge < -0.3 is 16.0 Å². The molecule has 1 aromatic rings. The molecule has 4 nitrogen and oxygen atoms in total. The zero-order chi connectivity index (χ0) is 14.6. The van der Waals surface area contributed by atoms with E-state index >= 15 is 0 Å². The SMILES string of the molecule is NC1C(=O)Nc2cc(N(CC3CC3)CC3CC3)c(Cl)cc21. The summed E-state index contributed by atoms with van der Waals surface area (Å²) < 4.78 is 0. The molecule has 2 saturated carbocycles. The number of rotatable bonds is 5. The van der Waals surface area contributed by atoms with Crippen molar-refractivity contribution in [1.29, 1.82) is 0 Å². The molecule has 1 aromatic carbocycles. The molecule has 0 aromatic heterocycles. The molecule has 0 spiro atoms. The van der Waals surface area contributed by atoms with E-state index in [9.17, 15) is 4.79 Å². The van der Waals surface area contributed by atoms with Gasteiger partial charge in [0.2, 0.25) is 5.91 Å². The number of anilines is 2. The molecule has 112 valence electrons. The molecule has 1 atom stereocenters. The molecule has 1 heterocycles. The summed E-state index contributed by atoms with van der Waals surface area (Å²) in [6.07, 6.45) is 5.30. The van der Waals surface area contributed by atoms with Crippen molar-refractivity contribution in [1.82, 2.24) is 0 Å². The van der Waals surface area contributed by atoms with Crippen molar-refractivity contribution in [3.63, 3.8) is 0 Å². The minimum absolute atomic E-state index is 0.144. The number of benzene rings is 1. The van der Waals surface area contributed by atoms with Crippen molar-refractivity contribution >= 4 is 28.9 Å². The zero-order valence-corrected chi connectivity index (χ0v) is 12.7. The number of halogens is 1. The van der Waals surface area contributed by atoms with Gasteiger partial charge in [0.25, 0.3) is 0 Å². The van der Waals surface area contributed by atoms with Gasteiger partial charge in [-0.2, -0.15) is 0 Å². The normalized spacial score (nSPS) is 23.9. The van der Waals surface area contributed by atoms with Gasteiger partial charge >= 0.3 is 0 Å². The number of nitrogens with two attached hydrogens (primary N) is 1. The maximum atomic E-state index is 11.7. The van der Waals surface area contributed by atoms with Crippen LogP contribution in [0, 0.1) is 11.8 Å². The minimum Gasteiger partial charge on any atom is -0.370 e. The fourth-order valence-electron chi connectivity index (χ4n) is 3.03. The third-order valence-electron chi connectivity index (χ3n) is 4.69. The summed E-state index contributed by atoms with van der Waals surface area (Å²) in [5.41, 5.74) is 8.56. The molecule has 2 fully saturated rings. The van der Waals surface area contributed by atoms with Crippen LogP contribution in [0.25, 0.3) is 0 Å². The molecule has 0 saturated heterocycles. The molecule has 0 bridgehead atoms. The van der Waals surface area contributed by atoms with E-state index in [-0.39, 0.29) is 5.91 Å². The van der Waals surface area contributed by atoms with E-state index in [2.05, 4.69) is 10.2 Å². The standard InChI is InChI=1S/C16H20ClN3O/c17-12-5-11-13(19-16(21)15(11)18)6-14(12)20(7-9-1-2-9)8-10-3-4-10/h5-6,9-10,15H,1-4,7-8,18H2,(H,19,21). The quantitative estimate of drug-likeness (QED) is 0.879. The van der Waals surface area contributed by atoms with Crippen molar-refractivity contribution < 1.29 is 4.79 Å². The van der Waals surface area contributed by atoms with Crippen molar-refractivity contribution in [3.05, 3.63) is 22.7 Å². The topological polar surface area (TPSA) is 58.4 Å². The van der Waals surface area contributed by atoms with Gasteiger partial charge in [-0.3, -0.25) is 4.79 Å². The van der Waals surface area contributed by atoms with Crippen molar-refractivity contribution in [2.45, 2.75) is 31.7 Å². The number of nitrogens with zero attached hydrogens (tertiary/aromatic N) is 1. The highest BCUT2D eigenvalue weighted by Gasteiger charge is 2.33. The number of carbonyl (C=O) groups is 1. The Bertz CT molecular complexity index is 581. The molecule has 1 amide bonds. The number of amides is 1. The van der Waals surface area contributed by atoms with Crippen LogP contribution in [0.1, 0.15) is 37.3 Å². The summed E-state index contributed by atoms with van der Waals surface area (Å²) in [5, 5.41) is 3.57. The van der Waals surface area contributed by atoms with Crippen LogP contribution in [0.15, 0.2) is 12.1 Å². The van der Waals surface area contributed by atoms with E-state index in [0.29, 0.717) is 5.02 Å². The zero-order valence-electron chi connectivity index (χ0n) is 11.9. The fourth-order valence-corrected chi connectivity index (χ4v) is 3.32. The van der Waals surface area contributed by atoms with E-state index in [4.69, 9.17) is 17.3 Å². The van der Waals surface area contributed by atoms with E-state index in [1.165, 1.54) is 25.7 Å². The lowest BCUT2D eigenvalue weighted by Crippen LogP contribution is -2.28. The van der Waals surface area contributed by atoms with Crippen LogP contribution in [0.2, 0.25) is 5.02 Å². The maximum Gasteiger partial charge on any atom is 0.245 e. The summed E-state index contributed by atoms with van der Waals surface area (Å²) in [6, 6.07) is 3.28. The monoisotopic (exact) mass is 305 g/mol. The van der Waals surface area contributed by atoms with Gasteiger partial charge in [0.1, 0.15) is 6.04 Å². The first-order chi connectivity index (χ1) is 10.1. The van der Waals surface area contributed by atoms with Gasteiger partial charge in [-0.15, -0.1) is 0 Å². The first-order valence-corrected chi connectivity index (χ1v) is 8.14. The molecule has 4 rings (SSSR count). The Morgan fingerprint density at radius 2 is 1.81 bits per heavy atom. The van der Waals surface area contributed by atoms with E-state index in [1.807, 2.05) is 12.1 Å². The molecular weight excluding hydrogens is 286 g/mol. The molecule has 3 aliphatic rings. The Kier molecular flexibility index (Phi) is 3.12. The van der Waals surface area contributed by atoms with Gasteiger partial charge in [0, 0.05) is 24.3 Å². The van der Waals surface area contributed by atoms with Crippen LogP contribution >= 0.6 is 11.6 Å². The molecule has 2 aliphatic carbocycles. The second kappa shape index (κ2) is 4.89. The average molecular weight is 306 g/mol. The van der Waals surface area contributed by atoms with Gasteiger partial charge in [-0.05, 0) is 49.7 Å². The van der Waals surface area contributed by atoms with Crippen LogP contribution in [0.5, 0.6) is 0 Å².